The number of hydrogen-bond acceptors (Lipinski definition) is 2. The molecule has 0 unspecified atom stereocenters. The molecule has 0 saturated carbocycles. The van der Waals surface area contributed by atoms with Gasteiger partial charge in [0.1, 0.15) is 0 Å². The molecule has 1 amide bonds. The first-order chi connectivity index (χ1) is 10.1. The molecule has 0 bridgehead atoms. The van der Waals surface area contributed by atoms with Gasteiger partial charge in [0, 0.05) is 18.9 Å². The molecule has 3 nitrogen and oxygen atoms in total. The minimum atomic E-state index is -0.179. The number of rotatable bonds is 6. The van der Waals surface area contributed by atoms with E-state index in [0.717, 1.165) is 10.9 Å². The highest BCUT2D eigenvalue weighted by Gasteiger charge is 2.13. The molecule has 2 aromatic carbocycles. The summed E-state index contributed by atoms with van der Waals surface area (Å²) in [6.45, 7) is 2.33. The minimum Gasteiger partial charge on any atom is -0.352 e. The Morgan fingerprint density at radius 2 is 1.86 bits per heavy atom. The third kappa shape index (κ3) is 4.60. The number of benzene rings is 2. The first-order valence-corrected chi connectivity index (χ1v) is 7.48. The van der Waals surface area contributed by atoms with Crippen LogP contribution in [0.4, 0.5) is 0 Å². The van der Waals surface area contributed by atoms with Gasteiger partial charge in [0.25, 0.3) is 0 Å². The Morgan fingerprint density at radius 1 is 1.14 bits per heavy atom. The predicted octanol–water partition coefficient (Wildman–Crippen LogP) is 3.33. The van der Waals surface area contributed by atoms with E-state index >= 15 is 0 Å². The predicted molar refractivity (Wildman–Crippen MR) is 88.2 cm³/mol. The van der Waals surface area contributed by atoms with Gasteiger partial charge >= 0.3 is 0 Å². The zero-order chi connectivity index (χ0) is 15.2. The molecule has 0 aromatic heterocycles. The van der Waals surface area contributed by atoms with Crippen molar-refractivity contribution in [1.29, 1.82) is 0 Å². The lowest BCUT2D eigenvalue weighted by molar-refractivity contribution is -0.125. The second kappa shape index (κ2) is 7.27. The van der Waals surface area contributed by atoms with Crippen LogP contribution in [0.25, 0.3) is 10.8 Å². The Kier molecular flexibility index (Phi) is 5.39. The zero-order valence-corrected chi connectivity index (χ0v) is 12.9. The average molecular weight is 301 g/mol. The molecule has 0 spiro atoms. The summed E-state index contributed by atoms with van der Waals surface area (Å²) in [5, 5.41) is 5.09. The summed E-state index contributed by atoms with van der Waals surface area (Å²) >= 11 is 3.71. The summed E-state index contributed by atoms with van der Waals surface area (Å²) in [5.74, 6) is -0.209. The fraction of sp³-hybridized carbons (Fsp3) is 0.294. The number of amides is 1. The van der Waals surface area contributed by atoms with Crippen molar-refractivity contribution in [2.75, 3.05) is 0 Å². The average Bonchev–Trinajstić information content (AvgIpc) is 2.49. The van der Waals surface area contributed by atoms with Crippen molar-refractivity contribution >= 4 is 34.4 Å². The number of hydrogen-bond donors (Lipinski definition) is 2. The van der Waals surface area contributed by atoms with Crippen LogP contribution in [0.5, 0.6) is 0 Å². The third-order valence-corrected chi connectivity index (χ3v) is 3.74. The normalized spacial score (nSPS) is 12.1. The van der Waals surface area contributed by atoms with E-state index in [-0.39, 0.29) is 16.9 Å². The molecule has 2 aromatic rings. The largest absolute Gasteiger partial charge is 0.352 e. The second-order valence-electron chi connectivity index (χ2n) is 5.23. The van der Waals surface area contributed by atoms with Gasteiger partial charge in [-0.05, 0) is 28.8 Å². The first kappa shape index (κ1) is 15.6. The lowest BCUT2D eigenvalue weighted by Gasteiger charge is -2.11. The molecule has 0 radical (unpaired) electrons. The van der Waals surface area contributed by atoms with Gasteiger partial charge in [0.15, 0.2) is 5.12 Å². The van der Waals surface area contributed by atoms with Crippen molar-refractivity contribution in [3.8, 4) is 0 Å². The van der Waals surface area contributed by atoms with Gasteiger partial charge < -0.3 is 5.32 Å². The summed E-state index contributed by atoms with van der Waals surface area (Å²) in [5.41, 5.74) is 1.07. The lowest BCUT2D eigenvalue weighted by atomic mass is 10.0. The van der Waals surface area contributed by atoms with Gasteiger partial charge in [-0.3, -0.25) is 9.59 Å². The molecule has 110 valence electrons. The molecular formula is C17H19NO2S. The molecule has 0 fully saturated rings. The van der Waals surface area contributed by atoms with E-state index in [9.17, 15) is 9.59 Å². The number of nitrogens with one attached hydrogen (secondary N) is 1. The molecule has 2 rings (SSSR count). The first-order valence-electron chi connectivity index (χ1n) is 7.03. The Balaban J connectivity index is 1.91. The Hall–Kier alpha value is -1.81. The van der Waals surface area contributed by atoms with Crippen LogP contribution in [0.15, 0.2) is 42.5 Å². The molecule has 0 aliphatic heterocycles. The minimum absolute atomic E-state index is 0.0299. The van der Waals surface area contributed by atoms with Crippen LogP contribution in [0, 0.1) is 5.92 Å². The van der Waals surface area contributed by atoms with Crippen molar-refractivity contribution in [1.82, 2.24) is 5.32 Å². The summed E-state index contributed by atoms with van der Waals surface area (Å²) in [6, 6.07) is 14.3. The number of thiol groups is 1. The fourth-order valence-electron chi connectivity index (χ4n) is 2.18. The molecule has 4 heteroatoms. The smallest absolute Gasteiger partial charge is 0.223 e. The molecule has 0 saturated heterocycles. The van der Waals surface area contributed by atoms with Gasteiger partial charge in [-0.15, -0.1) is 12.6 Å². The van der Waals surface area contributed by atoms with Crippen molar-refractivity contribution in [3.05, 3.63) is 48.0 Å². The summed E-state index contributed by atoms with van der Waals surface area (Å²) < 4.78 is 0. The molecule has 0 aliphatic rings. The zero-order valence-electron chi connectivity index (χ0n) is 12.0. The van der Waals surface area contributed by atoms with Gasteiger partial charge in [0.05, 0.1) is 0 Å². The van der Waals surface area contributed by atoms with E-state index in [4.69, 9.17) is 0 Å². The summed E-state index contributed by atoms with van der Waals surface area (Å²) in [6.07, 6.45) is 0.861. The molecule has 0 aliphatic carbocycles. The van der Waals surface area contributed by atoms with Gasteiger partial charge in [-0.1, -0.05) is 43.3 Å². The van der Waals surface area contributed by atoms with E-state index in [1.54, 1.807) is 0 Å². The summed E-state index contributed by atoms with van der Waals surface area (Å²) in [4.78, 5) is 22.8. The third-order valence-electron chi connectivity index (χ3n) is 3.52. The Bertz CT molecular complexity index is 654. The number of fused-ring (bicyclic) bond motifs is 1. The quantitative estimate of drug-likeness (QED) is 0.804. The van der Waals surface area contributed by atoms with Crippen molar-refractivity contribution in [2.24, 2.45) is 5.92 Å². The van der Waals surface area contributed by atoms with E-state index in [0.29, 0.717) is 19.4 Å². The standard InChI is InChI=1S/C17H19NO2S/c1-12(6-9-16(19)21)17(20)18-11-13-7-8-14-4-2-3-5-15(14)10-13/h2-5,7-8,10,12H,6,9,11H2,1H3,(H,18,20)(H,19,21)/t12-/m0/s1. The monoisotopic (exact) mass is 301 g/mol. The molecule has 0 heterocycles. The van der Waals surface area contributed by atoms with Crippen molar-refractivity contribution in [3.63, 3.8) is 0 Å². The maximum Gasteiger partial charge on any atom is 0.223 e. The van der Waals surface area contributed by atoms with E-state index in [1.165, 1.54) is 5.39 Å². The van der Waals surface area contributed by atoms with Crippen LogP contribution < -0.4 is 5.32 Å². The highest BCUT2D eigenvalue weighted by Crippen LogP contribution is 2.15. The van der Waals surface area contributed by atoms with Crippen LogP contribution in [0.2, 0.25) is 0 Å². The van der Waals surface area contributed by atoms with Gasteiger partial charge in [-0.25, -0.2) is 0 Å². The van der Waals surface area contributed by atoms with Gasteiger partial charge in [0.2, 0.25) is 5.91 Å². The van der Waals surface area contributed by atoms with Crippen LogP contribution in [0.1, 0.15) is 25.3 Å². The Morgan fingerprint density at radius 3 is 2.57 bits per heavy atom. The maximum atomic E-state index is 11.9. The highest BCUT2D eigenvalue weighted by molar-refractivity contribution is 7.96. The summed E-state index contributed by atoms with van der Waals surface area (Å²) in [7, 11) is 0. The molecular weight excluding hydrogens is 282 g/mol. The van der Waals surface area contributed by atoms with Crippen LogP contribution >= 0.6 is 12.6 Å². The van der Waals surface area contributed by atoms with Crippen molar-refractivity contribution in [2.45, 2.75) is 26.3 Å². The topological polar surface area (TPSA) is 46.2 Å². The van der Waals surface area contributed by atoms with Crippen LogP contribution in [-0.2, 0) is 16.1 Å². The highest BCUT2D eigenvalue weighted by atomic mass is 32.1. The molecule has 1 atom stereocenters. The molecule has 1 N–H and O–H groups in total. The van der Waals surface area contributed by atoms with Crippen molar-refractivity contribution < 1.29 is 9.59 Å². The second-order valence-corrected chi connectivity index (χ2v) is 5.73. The fourth-order valence-corrected chi connectivity index (χ4v) is 2.31. The van der Waals surface area contributed by atoms with Crippen LogP contribution in [-0.4, -0.2) is 11.0 Å². The maximum absolute atomic E-state index is 11.9. The molecule has 21 heavy (non-hydrogen) atoms. The van der Waals surface area contributed by atoms with E-state index in [2.05, 4.69) is 42.2 Å². The van der Waals surface area contributed by atoms with E-state index in [1.807, 2.05) is 25.1 Å². The Labute approximate surface area is 130 Å². The lowest BCUT2D eigenvalue weighted by Crippen LogP contribution is -2.28. The van der Waals surface area contributed by atoms with E-state index < -0.39 is 0 Å². The SMILES string of the molecule is C[C@@H](CCC(=O)S)C(=O)NCc1ccc2ccccc2c1. The number of carbonyl (C=O) groups excluding carboxylic acids is 2. The van der Waals surface area contributed by atoms with Crippen LogP contribution in [0.3, 0.4) is 0 Å². The number of carbonyl (C=O) groups is 2. The van der Waals surface area contributed by atoms with Gasteiger partial charge in [-0.2, -0.15) is 0 Å².